The quantitative estimate of drug-likeness (QED) is 0.478. The van der Waals surface area contributed by atoms with Crippen molar-refractivity contribution in [2.45, 2.75) is 33.1 Å². The van der Waals surface area contributed by atoms with E-state index in [9.17, 15) is 9.59 Å². The van der Waals surface area contributed by atoms with Crippen molar-refractivity contribution >= 4 is 11.6 Å². The average molecular weight is 332 g/mol. The van der Waals surface area contributed by atoms with E-state index in [1.807, 2.05) is 48.5 Å². The van der Waals surface area contributed by atoms with Crippen LogP contribution >= 0.6 is 0 Å². The van der Waals surface area contributed by atoms with Crippen molar-refractivity contribution in [1.82, 2.24) is 0 Å². The Balaban J connectivity index is 2.27. The zero-order valence-electron chi connectivity index (χ0n) is 15.1. The Labute approximate surface area is 149 Å². The second kappa shape index (κ2) is 7.89. The number of rotatable bonds is 7. The van der Waals surface area contributed by atoms with E-state index < -0.39 is 0 Å². The number of hydrogen-bond donors (Lipinski definition) is 0. The van der Waals surface area contributed by atoms with Crippen LogP contribution < -0.4 is 0 Å². The van der Waals surface area contributed by atoms with Crippen molar-refractivity contribution in [2.75, 3.05) is 0 Å². The van der Waals surface area contributed by atoms with Crippen LogP contribution in [0.2, 0.25) is 0 Å². The standard InChI is InChI=1S/C23H24O2/c1-6-21(17-7-11-19(12-8-17)22(24)15(2)3)18-9-13-20(14-10-18)23(25)16(4)5/h7-14,21H,2,4,6H2,1,3,5H3. The lowest BCUT2D eigenvalue weighted by molar-refractivity contribution is 0.102. The Bertz CT molecular complexity index is 739. The van der Waals surface area contributed by atoms with Crippen molar-refractivity contribution in [3.05, 3.63) is 95.1 Å². The highest BCUT2D eigenvalue weighted by atomic mass is 16.1. The number of Topliss-reactive ketones (excluding diaryl/α,β-unsaturated/α-hetero) is 2. The van der Waals surface area contributed by atoms with Gasteiger partial charge in [0, 0.05) is 17.0 Å². The van der Waals surface area contributed by atoms with Gasteiger partial charge in [-0.25, -0.2) is 0 Å². The number of benzene rings is 2. The summed E-state index contributed by atoms with van der Waals surface area (Å²) < 4.78 is 0. The lowest BCUT2D eigenvalue weighted by Gasteiger charge is -2.17. The SMILES string of the molecule is C=C(C)C(=O)c1ccc(C(CC)c2ccc(C(=O)C(=C)C)cc2)cc1. The Morgan fingerprint density at radius 1 is 0.760 bits per heavy atom. The molecule has 2 aromatic rings. The molecular formula is C23H24O2. The molecule has 0 aliphatic rings. The molecule has 128 valence electrons. The van der Waals surface area contributed by atoms with Gasteiger partial charge < -0.3 is 0 Å². The Morgan fingerprint density at radius 3 is 1.32 bits per heavy atom. The van der Waals surface area contributed by atoms with Crippen LogP contribution in [-0.4, -0.2) is 11.6 Å². The second-order valence-corrected chi connectivity index (χ2v) is 6.42. The van der Waals surface area contributed by atoms with Crippen LogP contribution in [0.4, 0.5) is 0 Å². The molecule has 0 aromatic heterocycles. The topological polar surface area (TPSA) is 34.1 Å². The lowest BCUT2D eigenvalue weighted by Crippen LogP contribution is -2.04. The maximum Gasteiger partial charge on any atom is 0.188 e. The van der Waals surface area contributed by atoms with Crippen LogP contribution in [0.15, 0.2) is 72.8 Å². The van der Waals surface area contributed by atoms with Crippen LogP contribution in [0.1, 0.15) is 65.0 Å². The molecule has 0 heterocycles. The molecule has 2 aromatic carbocycles. The summed E-state index contributed by atoms with van der Waals surface area (Å²) in [4.78, 5) is 24.0. The Morgan fingerprint density at radius 2 is 1.08 bits per heavy atom. The Kier molecular flexibility index (Phi) is 5.87. The van der Waals surface area contributed by atoms with Gasteiger partial charge in [0.2, 0.25) is 0 Å². The third-order valence-electron chi connectivity index (χ3n) is 4.33. The number of carbonyl (C=O) groups excluding carboxylic acids is 2. The summed E-state index contributed by atoms with van der Waals surface area (Å²) in [5.41, 5.74) is 4.71. The smallest absolute Gasteiger partial charge is 0.188 e. The van der Waals surface area contributed by atoms with E-state index in [4.69, 9.17) is 0 Å². The van der Waals surface area contributed by atoms with Crippen molar-refractivity contribution in [3.63, 3.8) is 0 Å². The van der Waals surface area contributed by atoms with E-state index in [2.05, 4.69) is 20.1 Å². The molecule has 0 unspecified atom stereocenters. The third kappa shape index (κ3) is 4.21. The van der Waals surface area contributed by atoms with E-state index >= 15 is 0 Å². The summed E-state index contributed by atoms with van der Waals surface area (Å²) in [6, 6.07) is 15.4. The largest absolute Gasteiger partial charge is 0.289 e. The van der Waals surface area contributed by atoms with Gasteiger partial charge in [-0.2, -0.15) is 0 Å². The van der Waals surface area contributed by atoms with Crippen molar-refractivity contribution < 1.29 is 9.59 Å². The summed E-state index contributed by atoms with van der Waals surface area (Å²) >= 11 is 0. The first-order valence-electron chi connectivity index (χ1n) is 8.45. The number of hydrogen-bond acceptors (Lipinski definition) is 2. The van der Waals surface area contributed by atoms with Crippen LogP contribution in [0.3, 0.4) is 0 Å². The maximum absolute atomic E-state index is 12.0. The van der Waals surface area contributed by atoms with Crippen LogP contribution in [0, 0.1) is 0 Å². The van der Waals surface area contributed by atoms with Gasteiger partial charge in [0.25, 0.3) is 0 Å². The molecule has 0 bridgehead atoms. The minimum atomic E-state index is -0.0257. The van der Waals surface area contributed by atoms with Crippen LogP contribution in [0.5, 0.6) is 0 Å². The Hall–Kier alpha value is -2.74. The van der Waals surface area contributed by atoms with Gasteiger partial charge in [-0.1, -0.05) is 68.6 Å². The summed E-state index contributed by atoms with van der Waals surface area (Å²) in [5.74, 6) is 0.174. The molecule has 0 aliphatic carbocycles. The van der Waals surface area contributed by atoms with Crippen LogP contribution in [-0.2, 0) is 0 Å². The molecule has 0 N–H and O–H groups in total. The molecule has 0 aliphatic heterocycles. The van der Waals surface area contributed by atoms with Crippen molar-refractivity contribution in [3.8, 4) is 0 Å². The molecule has 2 nitrogen and oxygen atoms in total. The summed E-state index contributed by atoms with van der Waals surface area (Å²) in [7, 11) is 0. The van der Waals surface area contributed by atoms with E-state index in [-0.39, 0.29) is 17.5 Å². The fourth-order valence-electron chi connectivity index (χ4n) is 2.89. The van der Waals surface area contributed by atoms with Gasteiger partial charge in [0.05, 0.1) is 0 Å². The number of carbonyl (C=O) groups is 2. The summed E-state index contributed by atoms with van der Waals surface area (Å²) in [6.45, 7) is 13.0. The monoisotopic (exact) mass is 332 g/mol. The van der Waals surface area contributed by atoms with Gasteiger partial charge in [-0.15, -0.1) is 0 Å². The van der Waals surface area contributed by atoms with E-state index in [0.29, 0.717) is 22.3 Å². The molecule has 0 atom stereocenters. The van der Waals surface area contributed by atoms with Crippen LogP contribution in [0.25, 0.3) is 0 Å². The van der Waals surface area contributed by atoms with Gasteiger partial charge in [-0.05, 0) is 42.5 Å². The molecule has 0 amide bonds. The van der Waals surface area contributed by atoms with Gasteiger partial charge in [0.15, 0.2) is 11.6 Å². The predicted molar refractivity (Wildman–Crippen MR) is 103 cm³/mol. The van der Waals surface area contributed by atoms with E-state index in [0.717, 1.165) is 17.5 Å². The molecule has 0 fully saturated rings. The molecule has 0 saturated carbocycles. The zero-order valence-corrected chi connectivity index (χ0v) is 15.1. The molecule has 2 rings (SSSR count). The minimum absolute atomic E-state index is 0.0257. The molecule has 0 spiro atoms. The van der Waals surface area contributed by atoms with E-state index in [1.165, 1.54) is 0 Å². The van der Waals surface area contributed by atoms with Crippen molar-refractivity contribution in [2.24, 2.45) is 0 Å². The molecule has 0 radical (unpaired) electrons. The highest BCUT2D eigenvalue weighted by molar-refractivity contribution is 6.08. The first-order chi connectivity index (χ1) is 11.8. The van der Waals surface area contributed by atoms with Gasteiger partial charge >= 0.3 is 0 Å². The maximum atomic E-state index is 12.0. The fraction of sp³-hybridized carbons (Fsp3) is 0.217. The summed E-state index contributed by atoms with van der Waals surface area (Å²) in [5, 5.41) is 0. The first kappa shape index (κ1) is 18.6. The summed E-state index contributed by atoms with van der Waals surface area (Å²) in [6.07, 6.45) is 0.932. The normalized spacial score (nSPS) is 10.6. The third-order valence-corrected chi connectivity index (χ3v) is 4.33. The number of allylic oxidation sites excluding steroid dienone is 2. The van der Waals surface area contributed by atoms with E-state index in [1.54, 1.807) is 13.8 Å². The lowest BCUT2D eigenvalue weighted by atomic mass is 9.87. The molecule has 0 saturated heterocycles. The zero-order chi connectivity index (χ0) is 18.6. The highest BCUT2D eigenvalue weighted by Crippen LogP contribution is 2.28. The first-order valence-corrected chi connectivity index (χ1v) is 8.45. The van der Waals surface area contributed by atoms with Gasteiger partial charge in [0.1, 0.15) is 0 Å². The molecule has 25 heavy (non-hydrogen) atoms. The average Bonchev–Trinajstić information content (AvgIpc) is 2.62. The minimum Gasteiger partial charge on any atom is -0.289 e. The number of ketones is 2. The van der Waals surface area contributed by atoms with Gasteiger partial charge in [-0.3, -0.25) is 9.59 Å². The molecular weight excluding hydrogens is 308 g/mol. The predicted octanol–water partition coefficient (Wildman–Crippen LogP) is 5.75. The van der Waals surface area contributed by atoms with Crippen molar-refractivity contribution in [1.29, 1.82) is 0 Å². The second-order valence-electron chi connectivity index (χ2n) is 6.42. The fourth-order valence-corrected chi connectivity index (χ4v) is 2.89. The molecule has 2 heteroatoms. The highest BCUT2D eigenvalue weighted by Gasteiger charge is 2.14.